The highest BCUT2D eigenvalue weighted by molar-refractivity contribution is 5.73. The summed E-state index contributed by atoms with van der Waals surface area (Å²) >= 11 is 0. The molecule has 28 heavy (non-hydrogen) atoms. The number of unbranched alkanes of at least 4 members (excludes halogenated alkanes) is 2. The molecule has 0 aromatic heterocycles. The molecule has 1 aromatic rings. The lowest BCUT2D eigenvalue weighted by Crippen LogP contribution is -2.34. The summed E-state index contributed by atoms with van der Waals surface area (Å²) in [7, 11) is 0. The van der Waals surface area contributed by atoms with Gasteiger partial charge in [0.05, 0.1) is 17.3 Å². The highest BCUT2D eigenvalue weighted by atomic mass is 16.5. The van der Waals surface area contributed by atoms with Crippen LogP contribution in [0.5, 0.6) is 5.75 Å². The molecule has 5 heteroatoms. The van der Waals surface area contributed by atoms with E-state index in [0.29, 0.717) is 13.0 Å². The molecule has 1 aromatic carbocycles. The number of hydrogen-bond donors (Lipinski definition) is 2. The summed E-state index contributed by atoms with van der Waals surface area (Å²) in [5.41, 5.74) is 1.77. The largest absolute Gasteiger partial charge is 0.481 e. The van der Waals surface area contributed by atoms with Crippen molar-refractivity contribution in [1.82, 2.24) is 10.2 Å². The van der Waals surface area contributed by atoms with Crippen LogP contribution in [0.4, 0.5) is 0 Å². The summed E-state index contributed by atoms with van der Waals surface area (Å²) in [5.74, 6) is 0.187. The van der Waals surface area contributed by atoms with Gasteiger partial charge in [0, 0.05) is 26.1 Å². The number of para-hydroxylation sites is 1. The van der Waals surface area contributed by atoms with Gasteiger partial charge >= 0.3 is 5.97 Å². The zero-order valence-electron chi connectivity index (χ0n) is 17.4. The monoisotopic (exact) mass is 386 g/mol. The van der Waals surface area contributed by atoms with Gasteiger partial charge in [-0.3, -0.25) is 4.79 Å². The molecule has 0 bridgehead atoms. The van der Waals surface area contributed by atoms with Crippen LogP contribution in [0.25, 0.3) is 0 Å². The number of nitrogens with one attached hydrogen (secondary N) is 1. The Hall–Kier alpha value is -2.43. The number of nitrogens with zero attached hydrogens (tertiary/aromatic N) is 1. The zero-order valence-corrected chi connectivity index (χ0v) is 17.4. The lowest BCUT2D eigenvalue weighted by Gasteiger charge is -2.34. The maximum atomic E-state index is 11.8. The van der Waals surface area contributed by atoms with Crippen molar-refractivity contribution in [1.29, 1.82) is 0 Å². The molecule has 1 aliphatic rings. The summed E-state index contributed by atoms with van der Waals surface area (Å²) in [5, 5.41) is 13.0. The lowest BCUT2D eigenvalue weighted by molar-refractivity contribution is -0.140. The van der Waals surface area contributed by atoms with Crippen molar-refractivity contribution in [2.45, 2.75) is 52.9 Å². The van der Waals surface area contributed by atoms with Gasteiger partial charge in [-0.05, 0) is 38.0 Å². The van der Waals surface area contributed by atoms with Crippen LogP contribution in [0.15, 0.2) is 53.6 Å². The molecule has 0 saturated heterocycles. The second-order valence-corrected chi connectivity index (χ2v) is 7.14. The zero-order chi connectivity index (χ0) is 20.4. The van der Waals surface area contributed by atoms with E-state index in [1.165, 1.54) is 0 Å². The van der Waals surface area contributed by atoms with Crippen LogP contribution in [-0.2, 0) is 4.79 Å². The first kappa shape index (κ1) is 21.9. The number of carbonyl (C=O) groups is 1. The highest BCUT2D eigenvalue weighted by Gasteiger charge is 2.30. The molecule has 0 spiro atoms. The molecular weight excluding hydrogens is 352 g/mol. The van der Waals surface area contributed by atoms with Crippen LogP contribution in [0.1, 0.15) is 52.9 Å². The van der Waals surface area contributed by atoms with Crippen molar-refractivity contribution in [3.8, 4) is 5.75 Å². The van der Waals surface area contributed by atoms with E-state index in [2.05, 4.69) is 24.1 Å². The van der Waals surface area contributed by atoms with Crippen LogP contribution >= 0.6 is 0 Å². The molecule has 154 valence electrons. The second-order valence-electron chi connectivity index (χ2n) is 7.14. The number of ether oxygens (including phenoxy) is 1. The molecule has 5 nitrogen and oxygen atoms in total. The number of carboxylic acids is 1. The molecule has 2 N–H and O–H groups in total. The smallest absolute Gasteiger partial charge is 0.310 e. The van der Waals surface area contributed by atoms with Gasteiger partial charge in [-0.1, -0.05) is 44.9 Å². The third kappa shape index (κ3) is 6.04. The Kier molecular flexibility index (Phi) is 8.92. The molecular formula is C23H34N2O3. The Bertz CT molecular complexity index is 674. The average Bonchev–Trinajstić information content (AvgIpc) is 2.70. The number of rotatable bonds is 12. The Labute approximate surface area is 169 Å². The third-order valence-corrected chi connectivity index (χ3v) is 4.88. The van der Waals surface area contributed by atoms with Gasteiger partial charge < -0.3 is 20.1 Å². The van der Waals surface area contributed by atoms with Gasteiger partial charge in [0.15, 0.2) is 5.76 Å². The van der Waals surface area contributed by atoms with Crippen molar-refractivity contribution < 1.29 is 14.6 Å². The summed E-state index contributed by atoms with van der Waals surface area (Å²) in [6.07, 6.45) is 6.60. The molecule has 0 saturated carbocycles. The number of hydrogen-bond acceptors (Lipinski definition) is 4. The first-order valence-corrected chi connectivity index (χ1v) is 10.5. The first-order chi connectivity index (χ1) is 13.6. The van der Waals surface area contributed by atoms with Crippen molar-refractivity contribution in [3.63, 3.8) is 0 Å². The molecule has 2 rings (SSSR count). The van der Waals surface area contributed by atoms with Gasteiger partial charge in [-0.2, -0.15) is 0 Å². The number of benzene rings is 1. The number of carboxylic acid groups (broad SMARTS) is 1. The van der Waals surface area contributed by atoms with Crippen molar-refractivity contribution in [3.05, 3.63) is 53.6 Å². The van der Waals surface area contributed by atoms with E-state index < -0.39 is 11.9 Å². The quantitative estimate of drug-likeness (QED) is 0.541. The number of likely N-dealkylation sites (N-methyl/N-ethyl adjacent to an activating group) is 1. The fraction of sp³-hybridized carbons (Fsp3) is 0.522. The average molecular weight is 387 g/mol. The molecule has 1 aliphatic carbocycles. The van der Waals surface area contributed by atoms with E-state index in [0.717, 1.165) is 61.7 Å². The Morgan fingerprint density at radius 1 is 1.14 bits per heavy atom. The van der Waals surface area contributed by atoms with Gasteiger partial charge in [-0.15, -0.1) is 0 Å². The van der Waals surface area contributed by atoms with Crippen LogP contribution < -0.4 is 10.1 Å². The molecule has 0 aliphatic heterocycles. The fourth-order valence-electron chi connectivity index (χ4n) is 3.35. The van der Waals surface area contributed by atoms with Crippen molar-refractivity contribution in [2.75, 3.05) is 19.6 Å². The van der Waals surface area contributed by atoms with E-state index in [4.69, 9.17) is 4.74 Å². The summed E-state index contributed by atoms with van der Waals surface area (Å²) in [6.45, 7) is 8.91. The minimum Gasteiger partial charge on any atom is -0.481 e. The minimum absolute atomic E-state index is 0.458. The van der Waals surface area contributed by atoms with Crippen LogP contribution in [0.2, 0.25) is 0 Å². The maximum absolute atomic E-state index is 11.8. The SMILES string of the molecule is CCCCN(CCCC)C1=C(Oc2ccccc2)C(NCC)=C[C@@H](C(=O)O)C1. The highest BCUT2D eigenvalue weighted by Crippen LogP contribution is 2.32. The van der Waals surface area contributed by atoms with Gasteiger partial charge in [-0.25, -0.2) is 0 Å². The summed E-state index contributed by atoms with van der Waals surface area (Å²) in [4.78, 5) is 14.1. The number of aliphatic carboxylic acids is 1. The standard InChI is InChI=1S/C23H34N2O3/c1-4-7-14-25(15-8-5-2)21-17-18(23(26)27)16-20(24-6-3)22(21)28-19-12-10-9-11-13-19/h9-13,16,18,24H,4-8,14-15,17H2,1-3H3,(H,26,27)/t18-/m1/s1. The van der Waals surface area contributed by atoms with E-state index in [9.17, 15) is 9.90 Å². The van der Waals surface area contributed by atoms with Crippen LogP contribution in [-0.4, -0.2) is 35.6 Å². The molecule has 1 atom stereocenters. The maximum Gasteiger partial charge on any atom is 0.310 e. The third-order valence-electron chi connectivity index (χ3n) is 4.88. The van der Waals surface area contributed by atoms with Crippen molar-refractivity contribution in [2.24, 2.45) is 5.92 Å². The van der Waals surface area contributed by atoms with Gasteiger partial charge in [0.1, 0.15) is 5.75 Å². The van der Waals surface area contributed by atoms with Crippen molar-refractivity contribution >= 4 is 5.97 Å². The Morgan fingerprint density at radius 3 is 2.32 bits per heavy atom. The van der Waals surface area contributed by atoms with Gasteiger partial charge in [0.25, 0.3) is 0 Å². The molecule has 0 heterocycles. The van der Waals surface area contributed by atoms with E-state index in [1.807, 2.05) is 37.3 Å². The molecule has 0 amide bonds. The number of allylic oxidation sites excluding steroid dienone is 1. The van der Waals surface area contributed by atoms with E-state index in [-0.39, 0.29) is 0 Å². The normalized spacial score (nSPS) is 16.5. The molecule has 0 unspecified atom stereocenters. The van der Waals surface area contributed by atoms with Crippen LogP contribution in [0, 0.1) is 5.92 Å². The van der Waals surface area contributed by atoms with E-state index >= 15 is 0 Å². The topological polar surface area (TPSA) is 61.8 Å². The predicted octanol–water partition coefficient (Wildman–Crippen LogP) is 4.78. The van der Waals surface area contributed by atoms with E-state index in [1.54, 1.807) is 6.08 Å². The summed E-state index contributed by atoms with van der Waals surface area (Å²) < 4.78 is 6.32. The predicted molar refractivity (Wildman–Crippen MR) is 113 cm³/mol. The van der Waals surface area contributed by atoms with Gasteiger partial charge in [0.2, 0.25) is 0 Å². The minimum atomic E-state index is -0.794. The second kappa shape index (κ2) is 11.4. The summed E-state index contributed by atoms with van der Waals surface area (Å²) in [6, 6.07) is 9.71. The Morgan fingerprint density at radius 2 is 1.79 bits per heavy atom. The molecule has 0 fully saturated rings. The first-order valence-electron chi connectivity index (χ1n) is 10.5. The van der Waals surface area contributed by atoms with Crippen LogP contribution in [0.3, 0.4) is 0 Å². The fourth-order valence-corrected chi connectivity index (χ4v) is 3.35. The molecule has 0 radical (unpaired) electrons. The Balaban J connectivity index is 2.47. The lowest BCUT2D eigenvalue weighted by atomic mass is 9.94.